The van der Waals surface area contributed by atoms with Crippen molar-refractivity contribution in [3.8, 4) is 11.5 Å². The van der Waals surface area contributed by atoms with Crippen molar-refractivity contribution in [2.24, 2.45) is 0 Å². The Bertz CT molecular complexity index is 675. The SMILES string of the molecule is COCCOc1ccc(F)cc1NC(=O)c1cccc(OC)c1. The molecule has 0 radical (unpaired) electrons. The maximum absolute atomic E-state index is 13.5. The first kappa shape index (κ1) is 16.8. The number of rotatable bonds is 7. The van der Waals surface area contributed by atoms with Gasteiger partial charge >= 0.3 is 0 Å². The molecular formula is C17H18FNO4. The van der Waals surface area contributed by atoms with Gasteiger partial charge in [0.1, 0.15) is 23.9 Å². The zero-order chi connectivity index (χ0) is 16.7. The van der Waals surface area contributed by atoms with Crippen LogP contribution >= 0.6 is 0 Å². The molecule has 2 rings (SSSR count). The summed E-state index contributed by atoms with van der Waals surface area (Å²) in [5.41, 5.74) is 0.658. The predicted octanol–water partition coefficient (Wildman–Crippen LogP) is 3.11. The number of carbonyl (C=O) groups is 1. The molecule has 0 aliphatic rings. The van der Waals surface area contributed by atoms with E-state index in [0.29, 0.717) is 30.3 Å². The third kappa shape index (κ3) is 4.69. The minimum Gasteiger partial charge on any atom is -0.497 e. The summed E-state index contributed by atoms with van der Waals surface area (Å²) in [7, 11) is 3.07. The molecule has 0 spiro atoms. The third-order valence-corrected chi connectivity index (χ3v) is 3.07. The molecule has 1 N–H and O–H groups in total. The molecule has 0 aliphatic carbocycles. The third-order valence-electron chi connectivity index (χ3n) is 3.07. The van der Waals surface area contributed by atoms with Crippen LogP contribution in [0.2, 0.25) is 0 Å². The molecule has 5 nitrogen and oxygen atoms in total. The Morgan fingerprint density at radius 2 is 1.96 bits per heavy atom. The molecule has 0 fully saturated rings. The average Bonchev–Trinajstić information content (AvgIpc) is 2.57. The van der Waals surface area contributed by atoms with E-state index < -0.39 is 5.82 Å². The minimum atomic E-state index is -0.468. The zero-order valence-electron chi connectivity index (χ0n) is 13.0. The van der Waals surface area contributed by atoms with Crippen molar-refractivity contribution in [2.75, 3.05) is 32.8 Å². The van der Waals surface area contributed by atoms with Crippen LogP contribution < -0.4 is 14.8 Å². The van der Waals surface area contributed by atoms with Crippen LogP contribution in [0.3, 0.4) is 0 Å². The van der Waals surface area contributed by atoms with E-state index in [1.54, 1.807) is 31.4 Å². The molecule has 0 aromatic heterocycles. The van der Waals surface area contributed by atoms with E-state index in [1.807, 2.05) is 0 Å². The number of halogens is 1. The fraction of sp³-hybridized carbons (Fsp3) is 0.235. The van der Waals surface area contributed by atoms with E-state index in [9.17, 15) is 9.18 Å². The molecule has 0 bridgehead atoms. The quantitative estimate of drug-likeness (QED) is 0.797. The molecule has 6 heteroatoms. The van der Waals surface area contributed by atoms with Gasteiger partial charge in [-0.15, -0.1) is 0 Å². The van der Waals surface area contributed by atoms with Gasteiger partial charge in [-0.25, -0.2) is 4.39 Å². The fourth-order valence-corrected chi connectivity index (χ4v) is 1.92. The summed E-state index contributed by atoms with van der Waals surface area (Å²) in [6, 6.07) is 10.6. The summed E-state index contributed by atoms with van der Waals surface area (Å²) in [6.07, 6.45) is 0. The molecule has 0 unspecified atom stereocenters. The van der Waals surface area contributed by atoms with Gasteiger partial charge in [0.15, 0.2) is 0 Å². The Morgan fingerprint density at radius 3 is 2.70 bits per heavy atom. The van der Waals surface area contributed by atoms with Crippen molar-refractivity contribution >= 4 is 11.6 Å². The average molecular weight is 319 g/mol. The van der Waals surface area contributed by atoms with Crippen molar-refractivity contribution < 1.29 is 23.4 Å². The predicted molar refractivity (Wildman–Crippen MR) is 84.7 cm³/mol. The highest BCUT2D eigenvalue weighted by atomic mass is 19.1. The van der Waals surface area contributed by atoms with Crippen LogP contribution in [0, 0.1) is 5.82 Å². The van der Waals surface area contributed by atoms with Gasteiger partial charge in [-0.2, -0.15) is 0 Å². The number of methoxy groups -OCH3 is 2. The maximum Gasteiger partial charge on any atom is 0.255 e. The Labute approximate surface area is 134 Å². The summed E-state index contributed by atoms with van der Waals surface area (Å²) in [5, 5.41) is 2.65. The lowest BCUT2D eigenvalue weighted by Crippen LogP contribution is -2.14. The fourth-order valence-electron chi connectivity index (χ4n) is 1.92. The molecule has 0 saturated carbocycles. The van der Waals surface area contributed by atoms with Crippen LogP contribution in [0.4, 0.5) is 10.1 Å². The number of carbonyl (C=O) groups excluding carboxylic acids is 1. The summed E-state index contributed by atoms with van der Waals surface area (Å²) in [5.74, 6) is 0.0873. The number of nitrogens with one attached hydrogen (secondary N) is 1. The highest BCUT2D eigenvalue weighted by Gasteiger charge is 2.12. The number of amides is 1. The van der Waals surface area contributed by atoms with Gasteiger partial charge in [0, 0.05) is 18.7 Å². The topological polar surface area (TPSA) is 56.8 Å². The summed E-state index contributed by atoms with van der Waals surface area (Å²) < 4.78 is 28.9. The lowest BCUT2D eigenvalue weighted by molar-refractivity contribution is 0.102. The van der Waals surface area contributed by atoms with Crippen molar-refractivity contribution in [1.29, 1.82) is 0 Å². The molecule has 23 heavy (non-hydrogen) atoms. The van der Waals surface area contributed by atoms with Crippen LogP contribution in [0.1, 0.15) is 10.4 Å². The van der Waals surface area contributed by atoms with Crippen molar-refractivity contribution in [1.82, 2.24) is 0 Å². The summed E-state index contributed by atoms with van der Waals surface area (Å²) in [6.45, 7) is 0.685. The van der Waals surface area contributed by atoms with Gasteiger partial charge in [0.25, 0.3) is 5.91 Å². The number of hydrogen-bond acceptors (Lipinski definition) is 4. The van der Waals surface area contributed by atoms with E-state index in [4.69, 9.17) is 14.2 Å². The van der Waals surface area contributed by atoms with E-state index in [2.05, 4.69) is 5.32 Å². The van der Waals surface area contributed by atoms with E-state index in [0.717, 1.165) is 0 Å². The van der Waals surface area contributed by atoms with Crippen LogP contribution in [0.25, 0.3) is 0 Å². The van der Waals surface area contributed by atoms with Gasteiger partial charge in [-0.1, -0.05) is 6.07 Å². The van der Waals surface area contributed by atoms with Crippen LogP contribution in [-0.2, 0) is 4.74 Å². The number of hydrogen-bond donors (Lipinski definition) is 1. The first-order valence-corrected chi connectivity index (χ1v) is 7.00. The Morgan fingerprint density at radius 1 is 1.13 bits per heavy atom. The van der Waals surface area contributed by atoms with Gasteiger partial charge in [0.2, 0.25) is 0 Å². The molecule has 2 aromatic rings. The second kappa shape index (κ2) is 8.14. The van der Waals surface area contributed by atoms with Crippen molar-refractivity contribution in [3.05, 3.63) is 53.8 Å². The van der Waals surface area contributed by atoms with Crippen LogP contribution in [0.15, 0.2) is 42.5 Å². The second-order valence-corrected chi connectivity index (χ2v) is 4.67. The molecule has 0 atom stereocenters. The minimum absolute atomic E-state index is 0.258. The number of benzene rings is 2. The molecular weight excluding hydrogens is 301 g/mol. The highest BCUT2D eigenvalue weighted by molar-refractivity contribution is 6.05. The first-order chi connectivity index (χ1) is 11.1. The number of ether oxygens (including phenoxy) is 3. The zero-order valence-corrected chi connectivity index (χ0v) is 13.0. The standard InChI is InChI=1S/C17H18FNO4/c1-21-8-9-23-16-7-6-13(18)11-15(16)19-17(20)12-4-3-5-14(10-12)22-2/h3-7,10-11H,8-9H2,1-2H3,(H,19,20). The van der Waals surface area contributed by atoms with E-state index in [-0.39, 0.29) is 11.6 Å². The van der Waals surface area contributed by atoms with Gasteiger partial charge in [-0.05, 0) is 30.3 Å². The molecule has 0 saturated heterocycles. The largest absolute Gasteiger partial charge is 0.497 e. The Kier molecular flexibility index (Phi) is 5.94. The molecule has 0 aliphatic heterocycles. The Hall–Kier alpha value is -2.60. The van der Waals surface area contributed by atoms with Crippen LogP contribution in [-0.4, -0.2) is 33.3 Å². The lowest BCUT2D eigenvalue weighted by atomic mass is 10.2. The van der Waals surface area contributed by atoms with Gasteiger partial charge < -0.3 is 19.5 Å². The Balaban J connectivity index is 2.17. The first-order valence-electron chi connectivity index (χ1n) is 7.00. The van der Waals surface area contributed by atoms with Crippen molar-refractivity contribution in [3.63, 3.8) is 0 Å². The second-order valence-electron chi connectivity index (χ2n) is 4.67. The van der Waals surface area contributed by atoms with Crippen molar-refractivity contribution in [2.45, 2.75) is 0 Å². The monoisotopic (exact) mass is 319 g/mol. The highest BCUT2D eigenvalue weighted by Crippen LogP contribution is 2.26. The molecule has 0 heterocycles. The maximum atomic E-state index is 13.5. The van der Waals surface area contributed by atoms with Gasteiger partial charge in [-0.3, -0.25) is 4.79 Å². The van der Waals surface area contributed by atoms with Crippen LogP contribution in [0.5, 0.6) is 11.5 Å². The molecule has 1 amide bonds. The van der Waals surface area contributed by atoms with E-state index in [1.165, 1.54) is 25.3 Å². The number of anilines is 1. The smallest absolute Gasteiger partial charge is 0.255 e. The molecule has 2 aromatic carbocycles. The normalized spacial score (nSPS) is 10.2. The van der Waals surface area contributed by atoms with E-state index >= 15 is 0 Å². The summed E-state index contributed by atoms with van der Waals surface area (Å²) in [4.78, 5) is 12.3. The molecule has 122 valence electrons. The van der Waals surface area contributed by atoms with Gasteiger partial charge in [0.05, 0.1) is 19.4 Å². The lowest BCUT2D eigenvalue weighted by Gasteiger charge is -2.13. The summed E-state index contributed by atoms with van der Waals surface area (Å²) >= 11 is 0.